The highest BCUT2D eigenvalue weighted by molar-refractivity contribution is 5.97. The Hall–Kier alpha value is -3.28. The Balaban J connectivity index is 1.79. The molecule has 0 spiro atoms. The van der Waals surface area contributed by atoms with Crippen LogP contribution in [0, 0.1) is 0 Å². The fraction of sp³-hybridized carbons (Fsp3) is 0.333. The van der Waals surface area contributed by atoms with Crippen LogP contribution < -0.4 is 0 Å². The molecule has 2 aromatic rings. The molecule has 2 aliphatic carbocycles. The lowest BCUT2D eigenvalue weighted by molar-refractivity contribution is 0.149. The molecule has 3 N–H and O–H groups in total. The van der Waals surface area contributed by atoms with Gasteiger partial charge in [-0.3, -0.25) is 0 Å². The number of amides is 1. The number of phenolic OH excluding ortho intramolecular Hbond substituents is 2. The number of aromatic hydroxyl groups is 2. The van der Waals surface area contributed by atoms with Gasteiger partial charge in [0.1, 0.15) is 11.5 Å². The molecule has 1 unspecified atom stereocenters. The van der Waals surface area contributed by atoms with E-state index in [-0.39, 0.29) is 16.9 Å². The minimum atomic E-state index is -1.05. The van der Waals surface area contributed by atoms with Gasteiger partial charge in [0.05, 0.1) is 5.71 Å². The van der Waals surface area contributed by atoms with Gasteiger partial charge in [0.2, 0.25) is 0 Å². The Morgan fingerprint density at radius 3 is 2.50 bits per heavy atom. The average molecular weight is 406 g/mol. The highest BCUT2D eigenvalue weighted by Gasteiger charge is 2.42. The van der Waals surface area contributed by atoms with E-state index in [9.17, 15) is 20.1 Å². The van der Waals surface area contributed by atoms with E-state index >= 15 is 0 Å². The number of hydrazone groups is 1. The van der Waals surface area contributed by atoms with Gasteiger partial charge in [0.15, 0.2) is 0 Å². The second-order valence-electron chi connectivity index (χ2n) is 8.03. The Morgan fingerprint density at radius 2 is 1.80 bits per heavy atom. The summed E-state index contributed by atoms with van der Waals surface area (Å²) >= 11 is 0. The van der Waals surface area contributed by atoms with Gasteiger partial charge < -0.3 is 15.3 Å². The lowest BCUT2D eigenvalue weighted by atomic mass is 9.59. The van der Waals surface area contributed by atoms with Crippen LogP contribution in [0.1, 0.15) is 42.9 Å². The number of carbonyl (C=O) groups is 1. The van der Waals surface area contributed by atoms with Crippen molar-refractivity contribution >= 4 is 11.8 Å². The van der Waals surface area contributed by atoms with Crippen molar-refractivity contribution in [2.75, 3.05) is 6.54 Å². The zero-order valence-electron chi connectivity index (χ0n) is 17.0. The van der Waals surface area contributed by atoms with Crippen LogP contribution in [0.25, 0.3) is 0 Å². The van der Waals surface area contributed by atoms with Crippen LogP contribution in [-0.4, -0.2) is 38.7 Å². The number of nitrogens with zero attached hydrogens (tertiary/aromatic N) is 2. The van der Waals surface area contributed by atoms with Crippen molar-refractivity contribution in [3.05, 3.63) is 70.8 Å². The van der Waals surface area contributed by atoms with Gasteiger partial charge in [0.25, 0.3) is 0 Å². The maximum Gasteiger partial charge on any atom is 0.427 e. The van der Waals surface area contributed by atoms with Crippen molar-refractivity contribution < 1.29 is 20.1 Å². The first kappa shape index (κ1) is 20.0. The maximum atomic E-state index is 11.4. The smallest absolute Gasteiger partial charge is 0.427 e. The van der Waals surface area contributed by atoms with E-state index in [1.807, 2.05) is 24.3 Å². The minimum absolute atomic E-state index is 0.225. The highest BCUT2D eigenvalue weighted by atomic mass is 16.4. The molecule has 6 heteroatoms. The van der Waals surface area contributed by atoms with Gasteiger partial charge >= 0.3 is 6.09 Å². The zero-order valence-corrected chi connectivity index (χ0v) is 17.0. The lowest BCUT2D eigenvalue weighted by Gasteiger charge is -2.44. The number of carboxylic acid groups (broad SMARTS) is 1. The number of phenols is 2. The van der Waals surface area contributed by atoms with Crippen LogP contribution in [0.2, 0.25) is 0 Å². The van der Waals surface area contributed by atoms with E-state index in [1.165, 1.54) is 11.1 Å². The molecular weight excluding hydrogens is 380 g/mol. The molecule has 0 aromatic heterocycles. The topological polar surface area (TPSA) is 93.4 Å². The lowest BCUT2D eigenvalue weighted by Crippen LogP contribution is -2.39. The second-order valence-corrected chi connectivity index (χ2v) is 8.03. The van der Waals surface area contributed by atoms with Gasteiger partial charge in [-0.15, -0.1) is 0 Å². The van der Waals surface area contributed by atoms with Crippen molar-refractivity contribution in [2.24, 2.45) is 5.10 Å². The minimum Gasteiger partial charge on any atom is -0.508 e. The molecule has 0 fully saturated rings. The SMILES string of the molecule is CCN(N=C1C=C2CCc3cc(O)ccc3C2(Cc2ccc(O)cc2)CC1)C(=O)O. The predicted molar refractivity (Wildman–Crippen MR) is 115 cm³/mol. The van der Waals surface area contributed by atoms with Crippen LogP contribution in [-0.2, 0) is 18.3 Å². The summed E-state index contributed by atoms with van der Waals surface area (Å²) in [5.74, 6) is 0.520. The number of rotatable bonds is 4. The number of aryl methyl sites for hydroxylation is 1. The van der Waals surface area contributed by atoms with E-state index in [4.69, 9.17) is 0 Å². The predicted octanol–water partition coefficient (Wildman–Crippen LogP) is 4.60. The molecule has 30 heavy (non-hydrogen) atoms. The van der Waals surface area contributed by atoms with E-state index in [1.54, 1.807) is 25.1 Å². The molecule has 0 heterocycles. The Kier molecular flexibility index (Phi) is 5.24. The molecule has 1 atom stereocenters. The normalized spacial score (nSPS) is 21.5. The third kappa shape index (κ3) is 3.65. The van der Waals surface area contributed by atoms with E-state index in [0.717, 1.165) is 47.5 Å². The van der Waals surface area contributed by atoms with E-state index in [2.05, 4.69) is 11.2 Å². The second kappa shape index (κ2) is 7.86. The van der Waals surface area contributed by atoms with E-state index in [0.29, 0.717) is 13.0 Å². The van der Waals surface area contributed by atoms with Crippen molar-refractivity contribution in [1.82, 2.24) is 5.01 Å². The molecule has 0 aliphatic heterocycles. The number of fused-ring (bicyclic) bond motifs is 3. The summed E-state index contributed by atoms with van der Waals surface area (Å²) in [4.78, 5) is 11.4. The van der Waals surface area contributed by atoms with Crippen LogP contribution >= 0.6 is 0 Å². The summed E-state index contributed by atoms with van der Waals surface area (Å²) in [6.07, 6.45) is 4.96. The zero-order chi connectivity index (χ0) is 21.3. The maximum absolute atomic E-state index is 11.4. The van der Waals surface area contributed by atoms with Crippen LogP contribution in [0.5, 0.6) is 11.5 Å². The molecule has 0 bridgehead atoms. The van der Waals surface area contributed by atoms with Gasteiger partial charge in [-0.25, -0.2) is 4.79 Å². The van der Waals surface area contributed by atoms with Crippen molar-refractivity contribution in [2.45, 2.75) is 44.4 Å². The molecule has 1 amide bonds. The van der Waals surface area contributed by atoms with Gasteiger partial charge in [0, 0.05) is 12.0 Å². The summed E-state index contributed by atoms with van der Waals surface area (Å²) in [5, 5.41) is 34.4. The molecule has 156 valence electrons. The highest BCUT2D eigenvalue weighted by Crippen LogP contribution is 2.49. The summed E-state index contributed by atoms with van der Waals surface area (Å²) in [6, 6.07) is 12.9. The van der Waals surface area contributed by atoms with Crippen molar-refractivity contribution in [3.8, 4) is 11.5 Å². The molecule has 0 radical (unpaired) electrons. The van der Waals surface area contributed by atoms with Gasteiger partial charge in [-0.1, -0.05) is 23.8 Å². The van der Waals surface area contributed by atoms with E-state index < -0.39 is 6.09 Å². The Bertz CT molecular complexity index is 1030. The molecular formula is C24H26N2O4. The molecule has 2 aromatic carbocycles. The molecule has 6 nitrogen and oxygen atoms in total. The monoisotopic (exact) mass is 406 g/mol. The first-order valence-corrected chi connectivity index (χ1v) is 10.3. The number of hydrogen-bond donors (Lipinski definition) is 3. The molecule has 0 saturated heterocycles. The van der Waals surface area contributed by atoms with Crippen LogP contribution in [0.4, 0.5) is 4.79 Å². The Labute approximate surface area is 175 Å². The summed E-state index contributed by atoms with van der Waals surface area (Å²) in [7, 11) is 0. The van der Waals surface area contributed by atoms with Gasteiger partial charge in [-0.2, -0.15) is 10.1 Å². The van der Waals surface area contributed by atoms with Crippen molar-refractivity contribution in [1.29, 1.82) is 0 Å². The number of allylic oxidation sites excluding steroid dienone is 2. The summed E-state index contributed by atoms with van der Waals surface area (Å²) in [6.45, 7) is 2.08. The molecule has 4 rings (SSSR count). The van der Waals surface area contributed by atoms with Crippen LogP contribution in [0.15, 0.2) is 59.2 Å². The summed E-state index contributed by atoms with van der Waals surface area (Å²) < 4.78 is 0. The van der Waals surface area contributed by atoms with Crippen molar-refractivity contribution in [3.63, 3.8) is 0 Å². The fourth-order valence-corrected chi connectivity index (χ4v) is 4.80. The first-order valence-electron chi connectivity index (χ1n) is 10.3. The quantitative estimate of drug-likeness (QED) is 0.647. The number of hydrogen-bond acceptors (Lipinski definition) is 4. The standard InChI is InChI=1S/C24H26N2O4/c1-2-26(23(29)30)25-19-11-12-24(15-16-3-7-20(27)8-4-16)18(14-19)6-5-17-13-21(28)9-10-22(17)24/h3-4,7-10,13-14,27-28H,2,5-6,11-12,15H2,1H3,(H,29,30). The molecule has 2 aliphatic rings. The fourth-order valence-electron chi connectivity index (χ4n) is 4.80. The largest absolute Gasteiger partial charge is 0.508 e. The summed E-state index contributed by atoms with van der Waals surface area (Å²) in [5.41, 5.74) is 5.32. The first-order chi connectivity index (χ1) is 14.4. The third-order valence-electron chi connectivity index (χ3n) is 6.24. The average Bonchev–Trinajstić information content (AvgIpc) is 2.73. The number of benzene rings is 2. The Morgan fingerprint density at radius 1 is 1.07 bits per heavy atom. The van der Waals surface area contributed by atoms with Crippen LogP contribution in [0.3, 0.4) is 0 Å². The third-order valence-corrected chi connectivity index (χ3v) is 6.24. The van der Waals surface area contributed by atoms with Gasteiger partial charge in [-0.05, 0) is 86.1 Å². The molecule has 0 saturated carbocycles.